The number of nitrogens with zero attached hydrogens (tertiary/aromatic N) is 19. The summed E-state index contributed by atoms with van der Waals surface area (Å²) in [6, 6.07) is 30.2. The predicted octanol–water partition coefficient (Wildman–Crippen LogP) is 16.6. The van der Waals surface area contributed by atoms with Gasteiger partial charge in [0.15, 0.2) is 0 Å². The van der Waals surface area contributed by atoms with E-state index in [0.717, 1.165) is 74.4 Å². The van der Waals surface area contributed by atoms with E-state index < -0.39 is 48.2 Å². The molecule has 2 fully saturated rings. The van der Waals surface area contributed by atoms with Crippen molar-refractivity contribution in [3.63, 3.8) is 0 Å². The minimum atomic E-state index is -1.36. The van der Waals surface area contributed by atoms with Crippen molar-refractivity contribution in [3.05, 3.63) is 238 Å². The van der Waals surface area contributed by atoms with E-state index in [-0.39, 0.29) is 107 Å². The Morgan fingerprint density at radius 2 is 0.897 bits per heavy atom. The van der Waals surface area contributed by atoms with E-state index in [2.05, 4.69) is 185 Å². The number of anilines is 3. The Morgan fingerprint density at radius 1 is 0.529 bits per heavy atom. The van der Waals surface area contributed by atoms with Gasteiger partial charge in [-0.15, -0.1) is 12.4 Å². The molecule has 0 saturated carbocycles. The number of carboxylic acids is 1. The quantitative estimate of drug-likeness (QED) is 0.0169. The number of nitrogens with one attached hydrogen (secondary N) is 4. The number of aryl methyl sites for hydroxylation is 4. The topological polar surface area (TPSA) is 452 Å². The molecule has 34 nitrogen and oxygen atoms in total. The van der Waals surface area contributed by atoms with Gasteiger partial charge in [0, 0.05) is 270 Å². The summed E-state index contributed by atoms with van der Waals surface area (Å²) in [4.78, 5) is 168. The van der Waals surface area contributed by atoms with Gasteiger partial charge >= 0.3 is 12.0 Å². The molecule has 16 rings (SSSR count). The Bertz CT molecular complexity index is 6980. The molecule has 0 unspecified atom stereocenters. The van der Waals surface area contributed by atoms with Crippen LogP contribution >= 0.6 is 57.8 Å². The molecule has 5 N–H and O–H groups in total. The molecule has 12 heterocycles. The third-order valence-electron chi connectivity index (χ3n) is 19.6. The van der Waals surface area contributed by atoms with Crippen molar-refractivity contribution in [1.29, 1.82) is 0 Å². The van der Waals surface area contributed by atoms with E-state index >= 15 is 0 Å². The zero-order valence-electron chi connectivity index (χ0n) is 72.0. The Balaban J connectivity index is 0.000000260. The van der Waals surface area contributed by atoms with Crippen LogP contribution in [0.15, 0.2) is 203 Å². The molecule has 136 heavy (non-hydrogen) atoms. The number of azide groups is 1. The molecule has 5 amide bonds. The Kier molecular flexibility index (Phi) is 45.1. The average Bonchev–Trinajstić information content (AvgIpc) is 1.64. The number of carbonyl (C=O) groups excluding carboxylic acids is 9. The van der Waals surface area contributed by atoms with Crippen LogP contribution in [-0.4, -0.2) is 175 Å². The lowest BCUT2D eigenvalue weighted by Gasteiger charge is -2.23. The largest absolute Gasteiger partial charge is 0.481 e. The number of urea groups is 1. The van der Waals surface area contributed by atoms with Crippen LogP contribution in [0.4, 0.5) is 36.6 Å². The highest BCUT2D eigenvalue weighted by atomic mass is 79.9. The van der Waals surface area contributed by atoms with Gasteiger partial charge in [-0.2, -0.15) is 18.5 Å². The second-order valence-electron chi connectivity index (χ2n) is 28.6. The number of isocyanates is 1. The number of likely N-dealkylation sites (tertiary alicyclic amines) is 1. The van der Waals surface area contributed by atoms with Gasteiger partial charge in [0.05, 0.1) is 46.8 Å². The SMILES string of the molecule is C.CC(=O)n1cc(CC(=O)N=[N+]=[N-])c2ccc(-c3cnc(C)nc3)cc21.CC(=O)n1cc(CC(=O)O)c2ccc(-c3cnc(C)nc3)cc21.CC(=O)n1cc(N=C=O)c2ccc(-c3cnc(C)nc3)cc21.CC(=O)n1cc(NC(=O)N2C[C@H](F)C[C@H]2C(=O)Nc2cccc(Br)n2)c2ccc(-c3cnc(C)nc3)cc21.Cl.O=C(Nc1cccc(Br)n1)[C@@H]1C[C@@H](F)CN1.S.S=S.S=S=S.S=S=S=S. The summed E-state index contributed by atoms with van der Waals surface area (Å²) in [6.45, 7) is 13.0. The highest BCUT2D eigenvalue weighted by Crippen LogP contribution is 2.36. The van der Waals surface area contributed by atoms with Crippen molar-refractivity contribution in [2.24, 2.45) is 10.1 Å². The molecule has 4 atom stereocenters. The molecular weight excluding hydrogens is 2100 g/mol. The molecule has 2 saturated heterocycles. The normalized spacial score (nSPS) is 13.3. The molecule has 0 spiro atoms. The number of fused-ring (bicyclic) bond motifs is 4. The van der Waals surface area contributed by atoms with Gasteiger partial charge in [-0.25, -0.2) is 68.2 Å². The number of aliphatic imine (C=N–C) groups is 1. The monoisotopic (exact) mass is 2180 g/mol. The van der Waals surface area contributed by atoms with Crippen molar-refractivity contribution in [3.8, 4) is 44.5 Å². The predicted molar refractivity (Wildman–Crippen MR) is 555 cm³/mol. The molecule has 4 aromatic carbocycles. The zero-order chi connectivity index (χ0) is 96.9. The number of benzene rings is 4. The Hall–Kier alpha value is -12.2. The minimum absolute atomic E-state index is 0. The van der Waals surface area contributed by atoms with E-state index in [1.54, 1.807) is 118 Å². The summed E-state index contributed by atoms with van der Waals surface area (Å²) >= 11 is 30.7. The van der Waals surface area contributed by atoms with Crippen LogP contribution < -0.4 is 21.3 Å². The minimum Gasteiger partial charge on any atom is -0.481 e. The van der Waals surface area contributed by atoms with E-state index in [1.807, 2.05) is 80.6 Å². The maximum Gasteiger partial charge on any atom is 0.322 e. The van der Waals surface area contributed by atoms with Crippen LogP contribution in [0.2, 0.25) is 0 Å². The summed E-state index contributed by atoms with van der Waals surface area (Å²) in [7, 11) is 3.26. The molecule has 0 bridgehead atoms. The molecule has 0 radical (unpaired) electrons. The fourth-order valence-corrected chi connectivity index (χ4v) is 14.3. The first-order valence-corrected chi connectivity index (χ1v) is 48.6. The number of amides is 5. The van der Waals surface area contributed by atoms with Crippen LogP contribution in [0.5, 0.6) is 0 Å². The van der Waals surface area contributed by atoms with Gasteiger partial charge in [0.2, 0.25) is 47.4 Å². The molecule has 2 aliphatic heterocycles. The van der Waals surface area contributed by atoms with Gasteiger partial charge in [-0.1, -0.05) is 62.0 Å². The van der Waals surface area contributed by atoms with Gasteiger partial charge in [0.25, 0.3) is 0 Å². The summed E-state index contributed by atoms with van der Waals surface area (Å²) in [5.74, 6) is 0.387. The van der Waals surface area contributed by atoms with Gasteiger partial charge in [0.1, 0.15) is 68.2 Å². The average molecular weight is 2180 g/mol. The summed E-state index contributed by atoms with van der Waals surface area (Å²) in [5.41, 5.74) is 19.7. The van der Waals surface area contributed by atoms with Gasteiger partial charge in [-0.3, -0.25) is 56.6 Å². The Labute approximate surface area is 844 Å². The smallest absolute Gasteiger partial charge is 0.322 e. The standard InChI is InChI=1S/C26H23BrFN7O3.C17H14N6O2.C17H15N3O3.C16H12N4O2.C10H11BrFN3O.CH4.ClH.S4.S3.S2.H2S/c1-14-29-10-17(11-30-14)16-6-7-19-20(13-34(15(2)36)21(19)8-16)31-26(38)35-12-18(28)9-22(35)25(37)33-24-5-3-4-23(27)32-24;1-10-19-7-14(8-20-10)12-3-4-15-13(6-17(25)21-22-18)9-23(11(2)24)16(15)5-12;1-10-18-7-14(8-19-10)12-3-4-15-13(6-17(22)23)9-20(11(2)21)16(15)5-12;1-10-17-6-13(7-18-10)12-3-4-14-15(19-9-21)8-20(11(2)22)16(14)5-12;11-8-2-1-3-9(14-8)15-10(16)7-4-6(12)5-13-7;;;1-3-4-2;1-3-2;1-2;/h3-8,10-11,13,18,22H,9,12H2,1-2H3,(H,31,38)(H,32,33,37);3-5,7-9H,6H2,1-2H3;3-5,7-9H,6H2,1-2H3,(H,22,23);3-8H,1-2H3;1-3,6-7,13H,4-5H2,(H,14,15,16);1H4;1H;;;;1H2/t18-,22+;;;;6-,7+;;;;;;/m1...1....../s1. The highest BCUT2D eigenvalue weighted by molar-refractivity contribution is 9.10. The number of aromatic nitrogens is 14. The number of pyridine rings is 2. The van der Waals surface area contributed by atoms with E-state index in [1.165, 1.54) is 82.2 Å². The highest BCUT2D eigenvalue weighted by Gasteiger charge is 2.41. The van der Waals surface area contributed by atoms with Crippen LogP contribution in [-0.2, 0) is 131 Å². The Morgan fingerprint density at radius 3 is 1.26 bits per heavy atom. The number of carboxylic acid groups (broad SMARTS) is 1. The van der Waals surface area contributed by atoms with E-state index in [9.17, 15) is 56.7 Å². The summed E-state index contributed by atoms with van der Waals surface area (Å²) in [6.07, 6.45) is 19.1. The first-order chi connectivity index (χ1) is 63.7. The second kappa shape index (κ2) is 54.5. The van der Waals surface area contributed by atoms with Crippen molar-refractivity contribution in [2.75, 3.05) is 29.0 Å². The van der Waals surface area contributed by atoms with Crippen molar-refractivity contribution in [2.45, 2.75) is 113 Å². The van der Waals surface area contributed by atoms with E-state index in [0.29, 0.717) is 88.3 Å². The molecule has 0 aliphatic carbocycles. The van der Waals surface area contributed by atoms with Crippen LogP contribution in [0.25, 0.3) is 98.6 Å². The van der Waals surface area contributed by atoms with Crippen molar-refractivity contribution >= 4 is 278 Å². The number of halogens is 5. The first kappa shape index (κ1) is 113. The van der Waals surface area contributed by atoms with Gasteiger partial charge < -0.3 is 31.3 Å². The maximum absolute atomic E-state index is 14.4. The van der Waals surface area contributed by atoms with Crippen LogP contribution in [0.3, 0.4) is 0 Å². The lowest BCUT2D eigenvalue weighted by Crippen LogP contribution is -2.45. The molecule has 49 heteroatoms. The fraction of sp³-hybridized carbons (Fsp3) is 0.218. The van der Waals surface area contributed by atoms with E-state index in [4.69, 9.17) is 10.6 Å². The number of rotatable bonds is 14. The number of aliphatic carboxylic acids is 1. The summed E-state index contributed by atoms with van der Waals surface area (Å²) < 4.78 is 34.3. The molecule has 14 aromatic rings. The van der Waals surface area contributed by atoms with Crippen molar-refractivity contribution in [1.82, 2.24) is 78.3 Å². The summed E-state index contributed by atoms with van der Waals surface area (Å²) in [5, 5.41) is 25.8. The lowest BCUT2D eigenvalue weighted by molar-refractivity contribution is -0.136. The third kappa shape index (κ3) is 30.9. The number of alkyl halides is 2. The van der Waals surface area contributed by atoms with Gasteiger partial charge in [-0.05, 0) is 158 Å². The number of carbonyl (C=O) groups is 9. The molecule has 706 valence electrons. The number of hydrogen-bond donors (Lipinski definition) is 5. The fourth-order valence-electron chi connectivity index (χ4n) is 13.6. The number of hydrogen-bond acceptors (Lipinski definition) is 28. The molecular formula is C87H82Br2ClF2N23O11S10. The second-order valence-corrected chi connectivity index (χ2v) is 35.5. The third-order valence-corrected chi connectivity index (χ3v) is 22.7. The first-order valence-electron chi connectivity index (χ1n) is 39.0. The van der Waals surface area contributed by atoms with Crippen molar-refractivity contribution < 1.29 is 61.8 Å². The van der Waals surface area contributed by atoms with Crippen LogP contribution in [0.1, 0.15) is 102 Å². The zero-order valence-corrected chi connectivity index (χ0v) is 84.3. The lowest BCUT2D eigenvalue weighted by atomic mass is 10.0. The molecule has 10 aromatic heterocycles. The molecule has 2 aliphatic rings. The maximum atomic E-state index is 14.4. The van der Waals surface area contributed by atoms with Crippen LogP contribution in [0, 0.1) is 27.7 Å².